The largest absolute Gasteiger partial charge is 0.380 e. The van der Waals surface area contributed by atoms with Gasteiger partial charge in [0.15, 0.2) is 10.0 Å². The second-order valence-corrected chi connectivity index (χ2v) is 5.73. The van der Waals surface area contributed by atoms with Gasteiger partial charge in [-0.15, -0.1) is 10.2 Å². The highest BCUT2D eigenvalue weighted by atomic mass is 32.2. The number of thiazole rings is 1. The first-order chi connectivity index (χ1) is 10.1. The number of carbonyl (C=O) groups excluding carboxylic acids is 1. The number of aryl methyl sites for hydroxylation is 2. The Balaban J connectivity index is 2.26. The fourth-order valence-electron chi connectivity index (χ4n) is 1.29. The van der Waals surface area contributed by atoms with Crippen LogP contribution in [0.5, 0.6) is 0 Å². The number of rotatable bonds is 4. The molecule has 0 aliphatic carbocycles. The van der Waals surface area contributed by atoms with Gasteiger partial charge in [-0.3, -0.25) is 0 Å². The molecule has 2 rings (SSSR count). The van der Waals surface area contributed by atoms with Crippen LogP contribution in [0.15, 0.2) is 10.2 Å². The van der Waals surface area contributed by atoms with Crippen LogP contribution in [0.2, 0.25) is 0 Å². The van der Waals surface area contributed by atoms with Crippen LogP contribution < -0.4 is 5.14 Å². The van der Waals surface area contributed by atoms with Crippen LogP contribution >= 0.6 is 35.1 Å². The molecule has 0 radical (unpaired) electrons. The number of carbonyl (C=O) groups is 1. The molecule has 0 amide bonds. The molecule has 0 unspecified atom stereocenters. The normalized spacial score (nSPS) is 10.8. The molecule has 2 aromatic heterocycles. The molecule has 0 bridgehead atoms. The van der Waals surface area contributed by atoms with Crippen LogP contribution in [-0.2, 0) is 4.18 Å². The molecule has 108 valence electrons. The third-order valence-corrected chi connectivity index (χ3v) is 4.35. The maximum Gasteiger partial charge on any atom is 0.380 e. The number of nitrogens with two attached hydrogens (primary N) is 1. The van der Waals surface area contributed by atoms with Gasteiger partial charge < -0.3 is 4.18 Å². The Hall–Kier alpha value is -1.87. The molecule has 0 spiro atoms. The van der Waals surface area contributed by atoms with Gasteiger partial charge in [0.05, 0.1) is 11.4 Å². The van der Waals surface area contributed by atoms with Gasteiger partial charge in [-0.25, -0.2) is 14.9 Å². The van der Waals surface area contributed by atoms with E-state index >= 15 is 0 Å². The van der Waals surface area contributed by atoms with Gasteiger partial charge in [0, 0.05) is 0 Å². The summed E-state index contributed by atoms with van der Waals surface area (Å²) < 4.78 is 8.62. The van der Waals surface area contributed by atoms with Crippen LogP contribution in [0.25, 0.3) is 0 Å². The van der Waals surface area contributed by atoms with E-state index in [0.717, 1.165) is 22.9 Å². The zero-order valence-electron chi connectivity index (χ0n) is 10.9. The van der Waals surface area contributed by atoms with Crippen molar-refractivity contribution in [2.45, 2.75) is 13.8 Å². The van der Waals surface area contributed by atoms with Crippen molar-refractivity contribution >= 4 is 51.1 Å². The molecule has 0 saturated carbocycles. The van der Waals surface area contributed by atoms with Crippen molar-refractivity contribution in [3.63, 3.8) is 0 Å². The molecule has 2 heterocycles. The van der Waals surface area contributed by atoms with Crippen LogP contribution in [0.1, 0.15) is 26.8 Å². The molecule has 2 aromatic rings. The van der Waals surface area contributed by atoms with Crippen molar-refractivity contribution in [3.05, 3.63) is 22.0 Å². The standard InChI is InChI=1S/C10H8N6O2S3/c1-4-6(3-11)8(20-16-4)15-14-7-5(2)13-9(19-7)10(17)18-21-12/h12H2,1-2H3. The van der Waals surface area contributed by atoms with Crippen LogP contribution in [0, 0.1) is 25.2 Å². The summed E-state index contributed by atoms with van der Waals surface area (Å²) in [5, 5.41) is 23.1. The van der Waals surface area contributed by atoms with E-state index in [0.29, 0.717) is 39.2 Å². The third kappa shape index (κ3) is 3.42. The van der Waals surface area contributed by atoms with Crippen molar-refractivity contribution in [1.29, 1.82) is 5.26 Å². The lowest BCUT2D eigenvalue weighted by Crippen LogP contribution is -2.00. The number of nitriles is 1. The second kappa shape index (κ2) is 6.72. The van der Waals surface area contributed by atoms with Gasteiger partial charge in [-0.1, -0.05) is 11.3 Å². The molecule has 0 atom stereocenters. The van der Waals surface area contributed by atoms with Gasteiger partial charge in [-0.05, 0) is 25.4 Å². The fourth-order valence-corrected chi connectivity index (χ4v) is 2.95. The van der Waals surface area contributed by atoms with E-state index in [-0.39, 0.29) is 5.01 Å². The first kappa shape index (κ1) is 15.5. The number of azo groups is 1. The quantitative estimate of drug-likeness (QED) is 0.514. The number of nitrogens with zero attached hydrogens (tertiary/aromatic N) is 5. The van der Waals surface area contributed by atoms with E-state index in [2.05, 4.69) is 23.8 Å². The molecule has 0 aliphatic rings. The summed E-state index contributed by atoms with van der Waals surface area (Å²) in [5.41, 5.74) is 1.55. The zero-order chi connectivity index (χ0) is 15.4. The lowest BCUT2D eigenvalue weighted by Gasteiger charge is -1.91. The maximum absolute atomic E-state index is 11.5. The summed E-state index contributed by atoms with van der Waals surface area (Å²) in [6, 6.07) is 2.03. The highest BCUT2D eigenvalue weighted by molar-refractivity contribution is 7.92. The number of hydrogen-bond donors (Lipinski definition) is 1. The Morgan fingerprint density at radius 3 is 2.76 bits per heavy atom. The van der Waals surface area contributed by atoms with Crippen molar-refractivity contribution in [2.24, 2.45) is 15.4 Å². The van der Waals surface area contributed by atoms with Gasteiger partial charge in [0.25, 0.3) is 0 Å². The minimum atomic E-state index is -0.636. The van der Waals surface area contributed by atoms with Crippen molar-refractivity contribution in [3.8, 4) is 6.07 Å². The predicted molar refractivity (Wildman–Crippen MR) is 79.8 cm³/mol. The van der Waals surface area contributed by atoms with E-state index in [4.69, 9.17) is 10.4 Å². The average molecular weight is 340 g/mol. The van der Waals surface area contributed by atoms with Gasteiger partial charge in [0.1, 0.15) is 23.9 Å². The van der Waals surface area contributed by atoms with Crippen LogP contribution in [0.4, 0.5) is 10.0 Å². The first-order valence-corrected chi connectivity index (χ1v) is 7.79. The van der Waals surface area contributed by atoms with E-state index in [1.807, 2.05) is 6.07 Å². The summed E-state index contributed by atoms with van der Waals surface area (Å²) in [4.78, 5) is 15.5. The Kier molecular flexibility index (Phi) is 4.97. The summed E-state index contributed by atoms with van der Waals surface area (Å²) in [6.07, 6.45) is 0. The first-order valence-electron chi connectivity index (χ1n) is 5.40. The van der Waals surface area contributed by atoms with Crippen LogP contribution in [-0.4, -0.2) is 15.3 Å². The van der Waals surface area contributed by atoms with E-state index in [1.54, 1.807) is 13.8 Å². The van der Waals surface area contributed by atoms with Crippen molar-refractivity contribution in [2.75, 3.05) is 0 Å². The highest BCUT2D eigenvalue weighted by Crippen LogP contribution is 2.32. The van der Waals surface area contributed by atoms with Gasteiger partial charge in [0.2, 0.25) is 5.01 Å². The molecule has 0 aliphatic heterocycles. The molecule has 11 heteroatoms. The molecular formula is C10H8N6O2S3. The summed E-state index contributed by atoms with van der Waals surface area (Å²) in [5.74, 6) is -0.636. The van der Waals surface area contributed by atoms with Crippen LogP contribution in [0.3, 0.4) is 0 Å². The minimum absolute atomic E-state index is 0.139. The Morgan fingerprint density at radius 1 is 1.38 bits per heavy atom. The van der Waals surface area contributed by atoms with E-state index < -0.39 is 5.97 Å². The predicted octanol–water partition coefficient (Wildman–Crippen LogP) is 3.18. The molecule has 21 heavy (non-hydrogen) atoms. The highest BCUT2D eigenvalue weighted by Gasteiger charge is 2.16. The smallest absolute Gasteiger partial charge is 0.369 e. The molecule has 8 nitrogen and oxygen atoms in total. The van der Waals surface area contributed by atoms with Gasteiger partial charge >= 0.3 is 5.97 Å². The molecule has 2 N–H and O–H groups in total. The molecule has 0 aromatic carbocycles. The maximum atomic E-state index is 11.5. The molecular weight excluding hydrogens is 332 g/mol. The number of aromatic nitrogens is 2. The average Bonchev–Trinajstić information content (AvgIpc) is 3.00. The zero-order valence-corrected chi connectivity index (χ0v) is 13.3. The molecule has 0 fully saturated rings. The van der Waals surface area contributed by atoms with E-state index in [9.17, 15) is 4.79 Å². The van der Waals surface area contributed by atoms with E-state index in [1.165, 1.54) is 0 Å². The Morgan fingerprint density at radius 2 is 2.10 bits per heavy atom. The fraction of sp³-hybridized carbons (Fsp3) is 0.200. The SMILES string of the molecule is Cc1nc(C(=O)OSN)sc1N=Nc1snc(C)c1C#N. The summed E-state index contributed by atoms with van der Waals surface area (Å²) >= 11 is 2.58. The lowest BCUT2D eigenvalue weighted by atomic mass is 10.3. The van der Waals surface area contributed by atoms with Crippen molar-refractivity contribution in [1.82, 2.24) is 9.36 Å². The third-order valence-electron chi connectivity index (χ3n) is 2.26. The summed E-state index contributed by atoms with van der Waals surface area (Å²) in [7, 11) is 0. The monoisotopic (exact) mass is 340 g/mol. The molecule has 0 saturated heterocycles. The second-order valence-electron chi connectivity index (χ2n) is 3.64. The topological polar surface area (TPSA) is 127 Å². The minimum Gasteiger partial charge on any atom is -0.369 e. The summed E-state index contributed by atoms with van der Waals surface area (Å²) in [6.45, 7) is 3.42. The Labute approximate surface area is 132 Å². The van der Waals surface area contributed by atoms with Crippen molar-refractivity contribution < 1.29 is 8.98 Å². The van der Waals surface area contributed by atoms with Gasteiger partial charge in [-0.2, -0.15) is 9.64 Å². The lowest BCUT2D eigenvalue weighted by molar-refractivity contribution is 0.0767. The number of hydrogen-bond acceptors (Lipinski definition) is 11. The Bertz CT molecular complexity index is 745.